The first-order valence-electron chi connectivity index (χ1n) is 8.10. The molecule has 0 N–H and O–H groups in total. The summed E-state index contributed by atoms with van der Waals surface area (Å²) in [4.78, 5) is 0. The van der Waals surface area contributed by atoms with Gasteiger partial charge in [-0.25, -0.2) is 0 Å². The fraction of sp³-hybridized carbons (Fsp3) is 0.130. The molecule has 23 heavy (non-hydrogen) atoms. The third kappa shape index (κ3) is 2.98. The molecule has 0 aromatic heterocycles. The molecule has 3 aromatic rings. The van der Waals surface area contributed by atoms with Gasteiger partial charge in [-0.15, -0.1) is 0 Å². The minimum atomic E-state index is 1.27. The predicted molar refractivity (Wildman–Crippen MR) is 103 cm³/mol. The number of benzene rings is 3. The summed E-state index contributed by atoms with van der Waals surface area (Å²) in [6.45, 7) is 6.42. The standard InChI is InChI=1S/C23H22/c1-4-5-10-17(2)20-13-9-14-21-18(3)15-16-22(23(20)21)19-11-7-6-8-12-19/h4-16H,1-3H3/b5-4-,17-10+. The van der Waals surface area contributed by atoms with Crippen LogP contribution in [0.25, 0.3) is 27.5 Å². The van der Waals surface area contributed by atoms with Gasteiger partial charge in [0.15, 0.2) is 0 Å². The highest BCUT2D eigenvalue weighted by molar-refractivity contribution is 6.05. The molecule has 0 amide bonds. The van der Waals surface area contributed by atoms with Crippen LogP contribution in [0, 0.1) is 6.92 Å². The molecule has 0 bridgehead atoms. The average molecular weight is 298 g/mol. The van der Waals surface area contributed by atoms with Gasteiger partial charge in [-0.2, -0.15) is 0 Å². The number of hydrogen-bond donors (Lipinski definition) is 0. The minimum absolute atomic E-state index is 1.27. The van der Waals surface area contributed by atoms with Gasteiger partial charge in [0.05, 0.1) is 0 Å². The van der Waals surface area contributed by atoms with Gasteiger partial charge >= 0.3 is 0 Å². The maximum absolute atomic E-state index is 2.25. The third-order valence-electron chi connectivity index (χ3n) is 4.31. The molecule has 3 aromatic carbocycles. The zero-order chi connectivity index (χ0) is 16.2. The summed E-state index contributed by atoms with van der Waals surface area (Å²) in [5.41, 5.74) is 6.49. The Morgan fingerprint density at radius 2 is 1.65 bits per heavy atom. The molecular weight excluding hydrogens is 276 g/mol. The fourth-order valence-electron chi connectivity index (χ4n) is 3.07. The van der Waals surface area contributed by atoms with E-state index in [1.54, 1.807) is 0 Å². The normalized spacial score (nSPS) is 12.2. The molecule has 0 atom stereocenters. The zero-order valence-corrected chi connectivity index (χ0v) is 14.0. The monoisotopic (exact) mass is 298 g/mol. The molecule has 0 aliphatic carbocycles. The van der Waals surface area contributed by atoms with Crippen molar-refractivity contribution in [2.45, 2.75) is 20.8 Å². The van der Waals surface area contributed by atoms with E-state index >= 15 is 0 Å². The van der Waals surface area contributed by atoms with Crippen LogP contribution in [0.1, 0.15) is 25.0 Å². The highest BCUT2D eigenvalue weighted by Gasteiger charge is 2.10. The molecule has 0 heteroatoms. The second-order valence-corrected chi connectivity index (χ2v) is 5.90. The SMILES string of the molecule is C/C=C\C=C(/C)c1cccc2c(C)ccc(-c3ccccc3)c12. The van der Waals surface area contributed by atoms with Crippen LogP contribution in [0.3, 0.4) is 0 Å². The highest BCUT2D eigenvalue weighted by Crippen LogP contribution is 2.35. The van der Waals surface area contributed by atoms with Crippen molar-refractivity contribution >= 4 is 16.3 Å². The minimum Gasteiger partial charge on any atom is -0.0877 e. The van der Waals surface area contributed by atoms with Crippen LogP contribution in [-0.2, 0) is 0 Å². The van der Waals surface area contributed by atoms with E-state index < -0.39 is 0 Å². The first kappa shape index (κ1) is 15.3. The Morgan fingerprint density at radius 3 is 2.39 bits per heavy atom. The van der Waals surface area contributed by atoms with Gasteiger partial charge in [-0.05, 0) is 59.4 Å². The lowest BCUT2D eigenvalue weighted by Crippen LogP contribution is -1.90. The van der Waals surface area contributed by atoms with Crippen molar-refractivity contribution in [2.75, 3.05) is 0 Å². The molecule has 0 unspecified atom stereocenters. The average Bonchev–Trinajstić information content (AvgIpc) is 2.60. The largest absolute Gasteiger partial charge is 0.0877 e. The van der Waals surface area contributed by atoms with Gasteiger partial charge in [0.2, 0.25) is 0 Å². The smallest absolute Gasteiger partial charge is 0.00275 e. The second-order valence-electron chi connectivity index (χ2n) is 5.90. The molecule has 0 saturated heterocycles. The van der Waals surface area contributed by atoms with Gasteiger partial charge in [-0.3, -0.25) is 0 Å². The molecule has 114 valence electrons. The van der Waals surface area contributed by atoms with Crippen molar-refractivity contribution in [3.63, 3.8) is 0 Å². The summed E-state index contributed by atoms with van der Waals surface area (Å²) >= 11 is 0. The number of aryl methyl sites for hydroxylation is 1. The van der Waals surface area contributed by atoms with Crippen LogP contribution in [0.5, 0.6) is 0 Å². The van der Waals surface area contributed by atoms with Gasteiger partial charge < -0.3 is 0 Å². The Labute approximate surface area is 138 Å². The Balaban J connectivity index is 2.36. The lowest BCUT2D eigenvalue weighted by Gasteiger charge is -2.14. The van der Waals surface area contributed by atoms with E-state index in [1.165, 1.54) is 38.6 Å². The second kappa shape index (κ2) is 6.66. The van der Waals surface area contributed by atoms with Crippen molar-refractivity contribution in [2.24, 2.45) is 0 Å². The van der Waals surface area contributed by atoms with Gasteiger partial charge in [0.1, 0.15) is 0 Å². The van der Waals surface area contributed by atoms with Crippen LogP contribution >= 0.6 is 0 Å². The fourth-order valence-corrected chi connectivity index (χ4v) is 3.07. The maximum Gasteiger partial charge on any atom is -0.00275 e. The molecular formula is C23H22. The molecule has 0 aliphatic heterocycles. The van der Waals surface area contributed by atoms with Crippen molar-refractivity contribution in [1.29, 1.82) is 0 Å². The van der Waals surface area contributed by atoms with Gasteiger partial charge in [0.25, 0.3) is 0 Å². The molecule has 0 aliphatic rings. The summed E-state index contributed by atoms with van der Waals surface area (Å²) in [6, 6.07) is 21.7. The Kier molecular flexibility index (Phi) is 4.43. The van der Waals surface area contributed by atoms with E-state index in [4.69, 9.17) is 0 Å². The molecule has 0 fully saturated rings. The summed E-state index contributed by atoms with van der Waals surface area (Å²) in [6.07, 6.45) is 6.36. The Hall–Kier alpha value is -2.60. The molecule has 0 nitrogen and oxygen atoms in total. The lowest BCUT2D eigenvalue weighted by molar-refractivity contribution is 1.51. The van der Waals surface area contributed by atoms with E-state index in [2.05, 4.69) is 92.7 Å². The van der Waals surface area contributed by atoms with Gasteiger partial charge in [-0.1, -0.05) is 78.9 Å². The first-order valence-corrected chi connectivity index (χ1v) is 8.10. The third-order valence-corrected chi connectivity index (χ3v) is 4.31. The van der Waals surface area contributed by atoms with Crippen LogP contribution in [0.2, 0.25) is 0 Å². The predicted octanol–water partition coefficient (Wildman–Crippen LogP) is 6.79. The van der Waals surface area contributed by atoms with Crippen molar-refractivity contribution in [3.8, 4) is 11.1 Å². The Bertz CT molecular complexity index is 881. The first-order chi connectivity index (χ1) is 11.2. The number of hydrogen-bond acceptors (Lipinski definition) is 0. The molecule has 0 radical (unpaired) electrons. The van der Waals surface area contributed by atoms with Crippen LogP contribution < -0.4 is 0 Å². The Morgan fingerprint density at radius 1 is 0.870 bits per heavy atom. The van der Waals surface area contributed by atoms with E-state index in [9.17, 15) is 0 Å². The van der Waals surface area contributed by atoms with E-state index in [0.29, 0.717) is 0 Å². The maximum atomic E-state index is 2.25. The number of allylic oxidation sites excluding steroid dienone is 4. The highest BCUT2D eigenvalue weighted by atomic mass is 14.1. The molecule has 0 spiro atoms. The van der Waals surface area contributed by atoms with Crippen LogP contribution in [0.15, 0.2) is 78.9 Å². The van der Waals surface area contributed by atoms with Crippen molar-refractivity contribution < 1.29 is 0 Å². The quantitative estimate of drug-likeness (QED) is 0.467. The topological polar surface area (TPSA) is 0 Å². The van der Waals surface area contributed by atoms with Crippen LogP contribution in [-0.4, -0.2) is 0 Å². The summed E-state index contributed by atoms with van der Waals surface area (Å²) in [5.74, 6) is 0. The zero-order valence-electron chi connectivity index (χ0n) is 14.0. The lowest BCUT2D eigenvalue weighted by atomic mass is 9.90. The van der Waals surface area contributed by atoms with E-state index in [0.717, 1.165) is 0 Å². The summed E-state index contributed by atoms with van der Waals surface area (Å²) < 4.78 is 0. The van der Waals surface area contributed by atoms with Crippen LogP contribution in [0.4, 0.5) is 0 Å². The molecule has 3 rings (SSSR count). The van der Waals surface area contributed by atoms with Crippen molar-refractivity contribution in [1.82, 2.24) is 0 Å². The molecule has 0 saturated carbocycles. The number of rotatable bonds is 3. The van der Waals surface area contributed by atoms with Crippen molar-refractivity contribution in [3.05, 3.63) is 90.0 Å². The van der Waals surface area contributed by atoms with E-state index in [1.807, 2.05) is 6.92 Å². The molecule has 0 heterocycles. The summed E-state index contributed by atoms with van der Waals surface area (Å²) in [5, 5.41) is 2.68. The van der Waals surface area contributed by atoms with Gasteiger partial charge in [0, 0.05) is 0 Å². The summed E-state index contributed by atoms with van der Waals surface area (Å²) in [7, 11) is 0. The van der Waals surface area contributed by atoms with E-state index in [-0.39, 0.29) is 0 Å². The number of fused-ring (bicyclic) bond motifs is 1.